The number of nitrogens with zero attached hydrogens (tertiary/aromatic N) is 3. The third-order valence-corrected chi connectivity index (χ3v) is 6.28. The Bertz CT molecular complexity index is 1430. The Balaban J connectivity index is 1.75. The van der Waals surface area contributed by atoms with Crippen LogP contribution < -0.4 is 21.5 Å². The minimum atomic E-state index is -0.593. The largest absolute Gasteiger partial charge is 0.378 e. The molecule has 7 nitrogen and oxygen atoms in total. The van der Waals surface area contributed by atoms with Crippen LogP contribution in [-0.4, -0.2) is 29.1 Å². The van der Waals surface area contributed by atoms with E-state index in [4.69, 9.17) is 11.6 Å². The summed E-state index contributed by atoms with van der Waals surface area (Å²) in [5.74, 6) is -0.367. The number of halogens is 1. The first-order valence-corrected chi connectivity index (χ1v) is 11.0. The molecule has 9 heteroatoms. The van der Waals surface area contributed by atoms with Gasteiger partial charge in [-0.25, -0.2) is 9.36 Å². The zero-order valence-corrected chi connectivity index (χ0v) is 19.3. The lowest BCUT2D eigenvalue weighted by molar-refractivity contribution is -0.116. The molecule has 1 N–H and O–H groups in total. The van der Waals surface area contributed by atoms with E-state index in [2.05, 4.69) is 5.32 Å². The van der Waals surface area contributed by atoms with Crippen LogP contribution in [0.1, 0.15) is 4.88 Å². The highest BCUT2D eigenvalue weighted by Gasteiger charge is 2.19. The SMILES string of the molecule is Cc1cc2c(=O)n(-c3cccc(Cl)c3)c(=O)n(CC(=O)Nc3ccc(N(C)C)cc3)c2s1. The van der Waals surface area contributed by atoms with E-state index in [1.807, 2.05) is 38.1 Å². The molecule has 0 aliphatic heterocycles. The van der Waals surface area contributed by atoms with Gasteiger partial charge in [-0.05, 0) is 55.5 Å². The highest BCUT2D eigenvalue weighted by Crippen LogP contribution is 2.22. The Morgan fingerprint density at radius 2 is 1.81 bits per heavy atom. The fourth-order valence-corrected chi connectivity index (χ4v) is 4.62. The molecule has 164 valence electrons. The van der Waals surface area contributed by atoms with Crippen LogP contribution in [0, 0.1) is 6.92 Å². The van der Waals surface area contributed by atoms with E-state index >= 15 is 0 Å². The number of fused-ring (bicyclic) bond motifs is 1. The zero-order valence-electron chi connectivity index (χ0n) is 17.8. The summed E-state index contributed by atoms with van der Waals surface area (Å²) in [5, 5.41) is 3.61. The Morgan fingerprint density at radius 3 is 2.47 bits per heavy atom. The fraction of sp³-hybridized carbons (Fsp3) is 0.174. The minimum absolute atomic E-state index is 0.231. The predicted octanol–water partition coefficient (Wildman–Crippen LogP) is 3.88. The fourth-order valence-electron chi connectivity index (χ4n) is 3.44. The van der Waals surface area contributed by atoms with Crippen molar-refractivity contribution in [2.75, 3.05) is 24.3 Å². The molecule has 0 fully saturated rings. The second-order valence-electron chi connectivity index (χ2n) is 7.55. The van der Waals surface area contributed by atoms with Gasteiger partial charge in [0, 0.05) is 35.4 Å². The number of hydrogen-bond donors (Lipinski definition) is 1. The van der Waals surface area contributed by atoms with E-state index in [0.29, 0.717) is 26.6 Å². The molecule has 0 saturated carbocycles. The van der Waals surface area contributed by atoms with E-state index in [9.17, 15) is 14.4 Å². The smallest absolute Gasteiger partial charge is 0.337 e. The molecule has 0 radical (unpaired) electrons. The molecule has 0 atom stereocenters. The minimum Gasteiger partial charge on any atom is -0.378 e. The number of amides is 1. The highest BCUT2D eigenvalue weighted by molar-refractivity contribution is 7.18. The Hall–Kier alpha value is -3.36. The zero-order chi connectivity index (χ0) is 23.0. The van der Waals surface area contributed by atoms with Crippen LogP contribution in [0.2, 0.25) is 5.02 Å². The van der Waals surface area contributed by atoms with Crippen LogP contribution in [0.5, 0.6) is 0 Å². The van der Waals surface area contributed by atoms with Gasteiger partial charge in [-0.1, -0.05) is 17.7 Å². The van der Waals surface area contributed by atoms with Crippen molar-refractivity contribution in [3.05, 3.63) is 85.3 Å². The second-order valence-corrected chi connectivity index (χ2v) is 9.23. The van der Waals surface area contributed by atoms with Gasteiger partial charge in [0.15, 0.2) is 0 Å². The normalized spacial score (nSPS) is 11.0. The third-order valence-electron chi connectivity index (χ3n) is 4.97. The van der Waals surface area contributed by atoms with Crippen molar-refractivity contribution in [3.8, 4) is 5.69 Å². The molecule has 2 heterocycles. The first-order chi connectivity index (χ1) is 15.2. The van der Waals surface area contributed by atoms with Crippen molar-refractivity contribution in [1.29, 1.82) is 0 Å². The summed E-state index contributed by atoms with van der Waals surface area (Å²) < 4.78 is 2.39. The summed E-state index contributed by atoms with van der Waals surface area (Å²) in [4.78, 5) is 42.5. The molecule has 0 saturated heterocycles. The molecule has 0 aliphatic rings. The summed E-state index contributed by atoms with van der Waals surface area (Å²) >= 11 is 7.38. The lowest BCUT2D eigenvalue weighted by Gasteiger charge is -2.14. The molecule has 1 amide bonds. The molecule has 4 aromatic rings. The first-order valence-electron chi connectivity index (χ1n) is 9.84. The van der Waals surface area contributed by atoms with Gasteiger partial charge >= 0.3 is 5.69 Å². The average Bonchev–Trinajstić information content (AvgIpc) is 3.13. The number of nitrogens with one attached hydrogen (secondary N) is 1. The number of benzene rings is 2. The molecular weight excluding hydrogens is 448 g/mol. The number of aryl methyl sites for hydroxylation is 1. The van der Waals surface area contributed by atoms with Crippen LogP contribution in [0.15, 0.2) is 64.2 Å². The van der Waals surface area contributed by atoms with Gasteiger partial charge in [0.2, 0.25) is 5.91 Å². The number of anilines is 2. The van der Waals surface area contributed by atoms with Crippen molar-refractivity contribution in [2.24, 2.45) is 0 Å². The number of thiophene rings is 1. The van der Waals surface area contributed by atoms with Gasteiger partial charge < -0.3 is 10.2 Å². The van der Waals surface area contributed by atoms with Crippen molar-refractivity contribution in [3.63, 3.8) is 0 Å². The summed E-state index contributed by atoms with van der Waals surface area (Å²) in [7, 11) is 3.87. The maximum absolute atomic E-state index is 13.3. The molecule has 2 aromatic heterocycles. The number of carbonyl (C=O) groups excluding carboxylic acids is 1. The standard InChI is InChI=1S/C23H21ClN4O3S/c1-14-11-19-21(30)28(18-6-4-5-15(24)12-18)23(31)27(22(19)32-14)13-20(29)25-16-7-9-17(10-8-16)26(2)3/h4-12H,13H2,1-3H3,(H,25,29). The number of carbonyl (C=O) groups is 1. The van der Waals surface area contributed by atoms with Gasteiger partial charge in [0.05, 0.1) is 11.1 Å². The van der Waals surface area contributed by atoms with Crippen molar-refractivity contribution in [1.82, 2.24) is 9.13 Å². The maximum atomic E-state index is 13.3. The first kappa shape index (κ1) is 21.9. The van der Waals surface area contributed by atoms with Crippen LogP contribution in [0.25, 0.3) is 15.9 Å². The quantitative estimate of drug-likeness (QED) is 0.482. The molecule has 0 aliphatic carbocycles. The lowest BCUT2D eigenvalue weighted by atomic mass is 10.2. The van der Waals surface area contributed by atoms with Gasteiger partial charge in [0.25, 0.3) is 5.56 Å². The number of rotatable bonds is 5. The van der Waals surface area contributed by atoms with Crippen LogP contribution in [0.3, 0.4) is 0 Å². The Morgan fingerprint density at radius 1 is 1.09 bits per heavy atom. The predicted molar refractivity (Wildman–Crippen MR) is 131 cm³/mol. The van der Waals surface area contributed by atoms with Crippen LogP contribution in [0.4, 0.5) is 11.4 Å². The molecular formula is C23H21ClN4O3S. The molecule has 0 spiro atoms. The van der Waals surface area contributed by atoms with E-state index in [1.165, 1.54) is 15.9 Å². The second kappa shape index (κ2) is 8.64. The van der Waals surface area contributed by atoms with Crippen LogP contribution in [-0.2, 0) is 11.3 Å². The number of hydrogen-bond acceptors (Lipinski definition) is 5. The average molecular weight is 469 g/mol. The topological polar surface area (TPSA) is 76.3 Å². The van der Waals surface area contributed by atoms with Crippen molar-refractivity contribution >= 4 is 50.4 Å². The molecule has 2 aromatic carbocycles. The summed E-state index contributed by atoms with van der Waals surface area (Å²) in [6.45, 7) is 1.63. The monoisotopic (exact) mass is 468 g/mol. The van der Waals surface area contributed by atoms with Gasteiger partial charge in [0.1, 0.15) is 11.4 Å². The molecule has 32 heavy (non-hydrogen) atoms. The number of aromatic nitrogens is 2. The van der Waals surface area contributed by atoms with E-state index in [1.54, 1.807) is 42.5 Å². The van der Waals surface area contributed by atoms with Crippen LogP contribution >= 0.6 is 22.9 Å². The Labute approximate surface area is 193 Å². The summed E-state index contributed by atoms with van der Waals surface area (Å²) in [6, 6.07) is 15.6. The van der Waals surface area contributed by atoms with Gasteiger partial charge in [-0.3, -0.25) is 14.2 Å². The van der Waals surface area contributed by atoms with E-state index < -0.39 is 11.2 Å². The molecule has 4 rings (SSSR count). The van der Waals surface area contributed by atoms with Gasteiger partial charge in [-0.2, -0.15) is 0 Å². The van der Waals surface area contributed by atoms with Crippen molar-refractivity contribution < 1.29 is 4.79 Å². The van der Waals surface area contributed by atoms with Crippen molar-refractivity contribution in [2.45, 2.75) is 13.5 Å². The molecule has 0 unspecified atom stereocenters. The highest BCUT2D eigenvalue weighted by atomic mass is 35.5. The third kappa shape index (κ3) is 4.19. The maximum Gasteiger partial charge on any atom is 0.337 e. The summed E-state index contributed by atoms with van der Waals surface area (Å²) in [5.41, 5.74) is 0.947. The molecule has 0 bridgehead atoms. The Kier molecular flexibility index (Phi) is 5.90. The van der Waals surface area contributed by atoms with E-state index in [0.717, 1.165) is 15.1 Å². The lowest BCUT2D eigenvalue weighted by Crippen LogP contribution is -2.40. The van der Waals surface area contributed by atoms with Gasteiger partial charge in [-0.15, -0.1) is 11.3 Å². The summed E-state index contributed by atoms with van der Waals surface area (Å²) in [6.07, 6.45) is 0. The van der Waals surface area contributed by atoms with E-state index in [-0.39, 0.29) is 12.5 Å².